The Balaban J connectivity index is 2.24. The van der Waals surface area contributed by atoms with Crippen molar-refractivity contribution >= 4 is 6.09 Å². The molecule has 1 heterocycles. The Bertz CT molecular complexity index is 141. The van der Waals surface area contributed by atoms with E-state index in [2.05, 4.69) is 0 Å². The summed E-state index contributed by atoms with van der Waals surface area (Å²) in [6.07, 6.45) is 1.97. The van der Waals surface area contributed by atoms with Crippen molar-refractivity contribution in [2.75, 3.05) is 27.2 Å². The van der Waals surface area contributed by atoms with Gasteiger partial charge in [0, 0.05) is 27.2 Å². The molecule has 0 N–H and O–H groups in total. The number of rotatable bonds is 1. The second-order valence-electron chi connectivity index (χ2n) is 2.89. The Morgan fingerprint density at radius 1 is 1.36 bits per heavy atom. The summed E-state index contributed by atoms with van der Waals surface area (Å²) in [6.45, 7) is 1.75. The fraction of sp³-hybridized carbons (Fsp3) is 0.857. The van der Waals surface area contributed by atoms with Crippen LogP contribution < -0.4 is 0 Å². The van der Waals surface area contributed by atoms with E-state index >= 15 is 0 Å². The monoisotopic (exact) mass is 158 g/mol. The van der Waals surface area contributed by atoms with Crippen LogP contribution in [0.4, 0.5) is 4.79 Å². The molecule has 0 aromatic rings. The normalized spacial score (nSPS) is 18.4. The van der Waals surface area contributed by atoms with Crippen LogP contribution in [0, 0.1) is 0 Å². The molecule has 0 atom stereocenters. The molecule has 0 radical (unpaired) electrons. The van der Waals surface area contributed by atoms with Crippen LogP contribution in [0.2, 0.25) is 0 Å². The smallest absolute Gasteiger partial charge is 0.351 e. The first kappa shape index (κ1) is 8.33. The quantitative estimate of drug-likeness (QED) is 0.563. The van der Waals surface area contributed by atoms with Crippen LogP contribution in [0.25, 0.3) is 0 Å². The lowest BCUT2D eigenvalue weighted by atomic mass is 10.4. The van der Waals surface area contributed by atoms with Gasteiger partial charge < -0.3 is 9.74 Å². The Morgan fingerprint density at radius 2 is 1.91 bits per heavy atom. The van der Waals surface area contributed by atoms with Gasteiger partial charge in [-0.15, -0.1) is 5.06 Å². The number of nitrogens with zero attached hydrogens (tertiary/aromatic N) is 2. The van der Waals surface area contributed by atoms with Crippen molar-refractivity contribution < 1.29 is 9.63 Å². The van der Waals surface area contributed by atoms with Gasteiger partial charge in [0.15, 0.2) is 0 Å². The largest absolute Gasteiger partial charge is 0.428 e. The number of carbonyl (C=O) groups excluding carboxylic acids is 1. The Morgan fingerprint density at radius 3 is 2.36 bits per heavy atom. The van der Waals surface area contributed by atoms with E-state index in [0.29, 0.717) is 0 Å². The lowest BCUT2D eigenvalue weighted by Crippen LogP contribution is -2.31. The van der Waals surface area contributed by atoms with Gasteiger partial charge in [0.05, 0.1) is 0 Å². The molecule has 64 valence electrons. The fourth-order valence-corrected chi connectivity index (χ4v) is 0.971. The molecular formula is C7H14N2O2. The van der Waals surface area contributed by atoms with Gasteiger partial charge in [0.2, 0.25) is 0 Å². The van der Waals surface area contributed by atoms with Crippen molar-refractivity contribution in [3.63, 3.8) is 0 Å². The van der Waals surface area contributed by atoms with Gasteiger partial charge in [0.25, 0.3) is 0 Å². The van der Waals surface area contributed by atoms with Gasteiger partial charge in [-0.05, 0) is 12.8 Å². The predicted octanol–water partition coefficient (Wildman–Crippen LogP) is 0.695. The molecule has 4 nitrogen and oxygen atoms in total. The van der Waals surface area contributed by atoms with Crippen LogP contribution in [-0.4, -0.2) is 43.2 Å². The molecular weight excluding hydrogens is 144 g/mol. The lowest BCUT2D eigenvalue weighted by Gasteiger charge is -2.17. The van der Waals surface area contributed by atoms with E-state index in [1.165, 1.54) is 4.90 Å². The first-order chi connectivity index (χ1) is 5.20. The molecule has 1 fully saturated rings. The molecule has 4 heteroatoms. The second-order valence-corrected chi connectivity index (χ2v) is 2.89. The highest BCUT2D eigenvalue weighted by Gasteiger charge is 2.16. The molecule has 1 amide bonds. The van der Waals surface area contributed by atoms with Crippen LogP contribution in [0.5, 0.6) is 0 Å². The fourth-order valence-electron chi connectivity index (χ4n) is 0.971. The van der Waals surface area contributed by atoms with E-state index in [1.54, 1.807) is 19.2 Å². The highest BCUT2D eigenvalue weighted by Crippen LogP contribution is 2.07. The standard InChI is InChI=1S/C7H14N2O2/c1-8(2)7(10)11-9-5-3-4-6-9/h3-6H2,1-2H3. The summed E-state index contributed by atoms with van der Waals surface area (Å²) in [5.74, 6) is 0. The van der Waals surface area contributed by atoms with Crippen LogP contribution in [-0.2, 0) is 4.84 Å². The van der Waals surface area contributed by atoms with Crippen molar-refractivity contribution in [2.45, 2.75) is 12.8 Å². The van der Waals surface area contributed by atoms with Crippen LogP contribution in [0.1, 0.15) is 12.8 Å². The number of hydroxylamine groups is 2. The highest BCUT2D eigenvalue weighted by molar-refractivity contribution is 5.66. The minimum Gasteiger partial charge on any atom is -0.351 e. The van der Waals surface area contributed by atoms with Crippen LogP contribution >= 0.6 is 0 Å². The molecule has 0 saturated carbocycles. The first-order valence-electron chi connectivity index (χ1n) is 3.84. The van der Waals surface area contributed by atoms with Crippen molar-refractivity contribution in [3.8, 4) is 0 Å². The summed E-state index contributed by atoms with van der Waals surface area (Å²) < 4.78 is 0. The molecule has 0 spiro atoms. The maximum atomic E-state index is 11.0. The molecule has 0 aromatic carbocycles. The summed E-state index contributed by atoms with van der Waals surface area (Å²) in [4.78, 5) is 17.4. The Kier molecular flexibility index (Phi) is 2.70. The average molecular weight is 158 g/mol. The van der Waals surface area contributed by atoms with E-state index in [1.807, 2.05) is 0 Å². The molecule has 1 saturated heterocycles. The maximum Gasteiger partial charge on any atom is 0.428 e. The zero-order valence-electron chi connectivity index (χ0n) is 7.04. The van der Waals surface area contributed by atoms with E-state index in [4.69, 9.17) is 4.84 Å². The number of hydrogen-bond donors (Lipinski definition) is 0. The summed E-state index contributed by atoms with van der Waals surface area (Å²) in [7, 11) is 3.36. The summed E-state index contributed by atoms with van der Waals surface area (Å²) in [5, 5.41) is 1.71. The van der Waals surface area contributed by atoms with Gasteiger partial charge in [-0.25, -0.2) is 4.79 Å². The van der Waals surface area contributed by atoms with Gasteiger partial charge in [0.1, 0.15) is 0 Å². The molecule has 0 unspecified atom stereocenters. The van der Waals surface area contributed by atoms with Crippen molar-refractivity contribution in [3.05, 3.63) is 0 Å². The van der Waals surface area contributed by atoms with Gasteiger partial charge in [-0.3, -0.25) is 0 Å². The summed E-state index contributed by atoms with van der Waals surface area (Å²) in [6, 6.07) is 0. The lowest BCUT2D eigenvalue weighted by molar-refractivity contribution is -0.0907. The molecule has 0 aromatic heterocycles. The number of amides is 1. The molecule has 1 rings (SSSR count). The van der Waals surface area contributed by atoms with Crippen LogP contribution in [0.15, 0.2) is 0 Å². The van der Waals surface area contributed by atoms with E-state index in [9.17, 15) is 4.79 Å². The van der Waals surface area contributed by atoms with E-state index in [-0.39, 0.29) is 6.09 Å². The second kappa shape index (κ2) is 3.57. The Hall–Kier alpha value is -0.770. The van der Waals surface area contributed by atoms with Gasteiger partial charge in [-0.1, -0.05) is 0 Å². The van der Waals surface area contributed by atoms with Crippen molar-refractivity contribution in [1.29, 1.82) is 0 Å². The maximum absolute atomic E-state index is 11.0. The minimum absolute atomic E-state index is 0.285. The number of carbonyl (C=O) groups is 1. The van der Waals surface area contributed by atoms with Gasteiger partial charge in [-0.2, -0.15) is 0 Å². The number of hydrogen-bond acceptors (Lipinski definition) is 3. The highest BCUT2D eigenvalue weighted by atomic mass is 16.7. The molecule has 0 bridgehead atoms. The summed E-state index contributed by atoms with van der Waals surface area (Å²) >= 11 is 0. The molecule has 11 heavy (non-hydrogen) atoms. The molecule has 1 aliphatic heterocycles. The molecule has 1 aliphatic rings. The Labute approximate surface area is 66.7 Å². The van der Waals surface area contributed by atoms with Gasteiger partial charge >= 0.3 is 6.09 Å². The molecule has 0 aliphatic carbocycles. The third-order valence-electron chi connectivity index (χ3n) is 1.64. The third-order valence-corrected chi connectivity index (χ3v) is 1.64. The van der Waals surface area contributed by atoms with E-state index in [0.717, 1.165) is 25.9 Å². The van der Waals surface area contributed by atoms with E-state index < -0.39 is 0 Å². The SMILES string of the molecule is CN(C)C(=O)ON1CCCC1. The van der Waals surface area contributed by atoms with Crippen molar-refractivity contribution in [1.82, 2.24) is 9.96 Å². The third kappa shape index (κ3) is 2.38. The predicted molar refractivity (Wildman–Crippen MR) is 41.0 cm³/mol. The minimum atomic E-state index is -0.285. The average Bonchev–Trinajstić information content (AvgIpc) is 2.39. The topological polar surface area (TPSA) is 32.8 Å². The van der Waals surface area contributed by atoms with Crippen molar-refractivity contribution in [2.24, 2.45) is 0 Å². The summed E-state index contributed by atoms with van der Waals surface area (Å²) in [5.41, 5.74) is 0. The zero-order valence-corrected chi connectivity index (χ0v) is 7.04. The first-order valence-corrected chi connectivity index (χ1v) is 3.84. The zero-order chi connectivity index (χ0) is 8.27. The van der Waals surface area contributed by atoms with Crippen LogP contribution in [0.3, 0.4) is 0 Å².